The van der Waals surface area contributed by atoms with Gasteiger partial charge in [-0.3, -0.25) is 14.2 Å². The van der Waals surface area contributed by atoms with Crippen LogP contribution in [-0.2, 0) is 29.2 Å². The van der Waals surface area contributed by atoms with Gasteiger partial charge in [0.25, 0.3) is 5.56 Å². The molecule has 0 aliphatic rings. The Balaban J connectivity index is 1.56. The maximum Gasteiger partial charge on any atom is 0.306 e. The third-order valence-electron chi connectivity index (χ3n) is 4.80. The van der Waals surface area contributed by atoms with E-state index in [4.69, 9.17) is 14.2 Å². The summed E-state index contributed by atoms with van der Waals surface area (Å²) in [5.41, 5.74) is 0.300. The van der Waals surface area contributed by atoms with Crippen molar-refractivity contribution in [2.24, 2.45) is 0 Å². The summed E-state index contributed by atoms with van der Waals surface area (Å²) in [5.74, 6) is 1.10. The van der Waals surface area contributed by atoms with Gasteiger partial charge in [-0.05, 0) is 29.3 Å². The molecule has 11 nitrogen and oxygen atoms in total. The average Bonchev–Trinajstić information content (AvgIpc) is 3.24. The Hall–Kier alpha value is -3.50. The number of esters is 1. The van der Waals surface area contributed by atoms with Gasteiger partial charge in [-0.25, -0.2) is 9.67 Å². The third-order valence-corrected chi connectivity index (χ3v) is 4.80. The summed E-state index contributed by atoms with van der Waals surface area (Å²) < 4.78 is 18.9. The van der Waals surface area contributed by atoms with Gasteiger partial charge in [-0.15, -0.1) is 5.10 Å². The maximum absolute atomic E-state index is 12.8. The second kappa shape index (κ2) is 10.5. The van der Waals surface area contributed by atoms with Crippen molar-refractivity contribution in [1.82, 2.24) is 29.8 Å². The van der Waals surface area contributed by atoms with Crippen molar-refractivity contribution in [2.45, 2.75) is 52.3 Å². The number of carbonyl (C=O) groups is 1. The molecule has 0 bridgehead atoms. The van der Waals surface area contributed by atoms with Crippen LogP contribution in [0, 0.1) is 0 Å². The zero-order valence-electron chi connectivity index (χ0n) is 17.9. The summed E-state index contributed by atoms with van der Waals surface area (Å²) in [5, 5.41) is 11.8. The Kier molecular flexibility index (Phi) is 7.52. The summed E-state index contributed by atoms with van der Waals surface area (Å²) in [7, 11) is 3.03. The van der Waals surface area contributed by atoms with E-state index in [0.717, 1.165) is 12.8 Å². The molecule has 0 unspecified atom stereocenters. The van der Waals surface area contributed by atoms with E-state index in [1.807, 2.05) is 0 Å². The molecule has 0 spiro atoms. The standard InChI is InChI=1S/C20H26N6O5/c1-4-5-9-26-18(22-23-24-26)12-31-19(27)7-6-8-25-13-21-15-11-17(30-3)16(29-2)10-14(15)20(25)28/h10-11,13H,4-9,12H2,1-3H3. The molecular formula is C20H26N6O5. The Morgan fingerprint density at radius 1 is 1.10 bits per heavy atom. The van der Waals surface area contributed by atoms with E-state index < -0.39 is 0 Å². The van der Waals surface area contributed by atoms with Gasteiger partial charge in [0.2, 0.25) is 0 Å². The second-order valence-electron chi connectivity index (χ2n) is 6.90. The van der Waals surface area contributed by atoms with Crippen LogP contribution in [0.5, 0.6) is 11.5 Å². The zero-order chi connectivity index (χ0) is 22.2. The lowest BCUT2D eigenvalue weighted by Crippen LogP contribution is -2.21. The first-order chi connectivity index (χ1) is 15.1. The molecule has 166 valence electrons. The molecule has 1 aromatic carbocycles. The van der Waals surface area contributed by atoms with Crippen molar-refractivity contribution in [1.29, 1.82) is 0 Å². The fourth-order valence-electron chi connectivity index (χ4n) is 3.06. The summed E-state index contributed by atoms with van der Waals surface area (Å²) >= 11 is 0. The highest BCUT2D eigenvalue weighted by atomic mass is 16.5. The first-order valence-corrected chi connectivity index (χ1v) is 10.1. The minimum absolute atomic E-state index is 0.0225. The molecule has 0 saturated carbocycles. The molecule has 0 aliphatic heterocycles. The van der Waals surface area contributed by atoms with E-state index in [9.17, 15) is 9.59 Å². The number of ether oxygens (including phenoxy) is 3. The number of nitrogens with zero attached hydrogens (tertiary/aromatic N) is 6. The van der Waals surface area contributed by atoms with Crippen LogP contribution < -0.4 is 15.0 Å². The minimum Gasteiger partial charge on any atom is -0.493 e. The largest absolute Gasteiger partial charge is 0.493 e. The maximum atomic E-state index is 12.8. The van der Waals surface area contributed by atoms with E-state index in [1.165, 1.54) is 25.1 Å². The van der Waals surface area contributed by atoms with Gasteiger partial charge in [-0.2, -0.15) is 0 Å². The number of carbonyl (C=O) groups excluding carboxylic acids is 1. The van der Waals surface area contributed by atoms with Crippen LogP contribution in [0.3, 0.4) is 0 Å². The number of fused-ring (bicyclic) bond motifs is 1. The van der Waals surface area contributed by atoms with E-state index in [0.29, 0.717) is 47.7 Å². The SMILES string of the molecule is CCCCn1nnnc1COC(=O)CCCn1cnc2cc(OC)c(OC)cc2c1=O. The number of methoxy groups -OCH3 is 2. The fraction of sp³-hybridized carbons (Fsp3) is 0.500. The highest BCUT2D eigenvalue weighted by Gasteiger charge is 2.12. The first kappa shape index (κ1) is 22.2. The lowest BCUT2D eigenvalue weighted by molar-refractivity contribution is -0.145. The van der Waals surface area contributed by atoms with Gasteiger partial charge in [0, 0.05) is 25.6 Å². The monoisotopic (exact) mass is 430 g/mol. The van der Waals surface area contributed by atoms with Crippen molar-refractivity contribution in [3.8, 4) is 11.5 Å². The topological polar surface area (TPSA) is 123 Å². The number of tetrazole rings is 1. The lowest BCUT2D eigenvalue weighted by atomic mass is 10.2. The smallest absolute Gasteiger partial charge is 0.306 e. The number of aryl methyl sites for hydroxylation is 2. The predicted molar refractivity (Wildman–Crippen MR) is 111 cm³/mol. The molecule has 0 atom stereocenters. The van der Waals surface area contributed by atoms with Crippen LogP contribution in [0.2, 0.25) is 0 Å². The third kappa shape index (κ3) is 5.36. The number of hydrogen-bond acceptors (Lipinski definition) is 9. The molecule has 0 amide bonds. The summed E-state index contributed by atoms with van der Waals surface area (Å²) in [4.78, 5) is 29.1. The van der Waals surface area contributed by atoms with E-state index >= 15 is 0 Å². The molecule has 0 saturated heterocycles. The second-order valence-corrected chi connectivity index (χ2v) is 6.90. The van der Waals surface area contributed by atoms with Crippen LogP contribution >= 0.6 is 0 Å². The summed E-state index contributed by atoms with van der Waals surface area (Å²) in [6, 6.07) is 3.27. The molecular weight excluding hydrogens is 404 g/mol. The average molecular weight is 430 g/mol. The highest BCUT2D eigenvalue weighted by molar-refractivity contribution is 5.81. The highest BCUT2D eigenvalue weighted by Crippen LogP contribution is 2.29. The van der Waals surface area contributed by atoms with Crippen molar-refractivity contribution < 1.29 is 19.0 Å². The van der Waals surface area contributed by atoms with Crippen LogP contribution in [0.25, 0.3) is 10.9 Å². The van der Waals surface area contributed by atoms with E-state index in [-0.39, 0.29) is 24.6 Å². The molecule has 3 aromatic rings. The Morgan fingerprint density at radius 3 is 2.61 bits per heavy atom. The Morgan fingerprint density at radius 2 is 1.87 bits per heavy atom. The van der Waals surface area contributed by atoms with Gasteiger partial charge in [0.05, 0.1) is 31.4 Å². The molecule has 2 aromatic heterocycles. The van der Waals surface area contributed by atoms with Gasteiger partial charge in [0.1, 0.15) is 0 Å². The van der Waals surface area contributed by atoms with Crippen molar-refractivity contribution in [3.05, 3.63) is 34.6 Å². The number of benzene rings is 1. The number of hydrogen-bond donors (Lipinski definition) is 0. The van der Waals surface area contributed by atoms with Gasteiger partial charge < -0.3 is 14.2 Å². The van der Waals surface area contributed by atoms with Gasteiger partial charge in [-0.1, -0.05) is 13.3 Å². The van der Waals surface area contributed by atoms with Crippen molar-refractivity contribution in [2.75, 3.05) is 14.2 Å². The van der Waals surface area contributed by atoms with Crippen molar-refractivity contribution in [3.63, 3.8) is 0 Å². The molecule has 0 fully saturated rings. The molecule has 31 heavy (non-hydrogen) atoms. The molecule has 0 aliphatic carbocycles. The number of rotatable bonds is 11. The van der Waals surface area contributed by atoms with E-state index in [2.05, 4.69) is 27.4 Å². The molecule has 11 heteroatoms. The Labute approximate surface area is 178 Å². The van der Waals surface area contributed by atoms with Gasteiger partial charge in [0.15, 0.2) is 23.9 Å². The quantitative estimate of drug-likeness (QED) is 0.418. The van der Waals surface area contributed by atoms with Crippen LogP contribution in [0.4, 0.5) is 0 Å². The summed E-state index contributed by atoms with van der Waals surface area (Å²) in [6.45, 7) is 3.12. The summed E-state index contributed by atoms with van der Waals surface area (Å²) in [6.07, 6.45) is 4.01. The zero-order valence-corrected chi connectivity index (χ0v) is 17.9. The van der Waals surface area contributed by atoms with Gasteiger partial charge >= 0.3 is 5.97 Å². The molecule has 3 rings (SSSR count). The molecule has 2 heterocycles. The predicted octanol–water partition coefficient (Wildman–Crippen LogP) is 1.72. The molecule has 0 N–H and O–H groups in total. The number of unbranched alkanes of at least 4 members (excludes halogenated alkanes) is 1. The minimum atomic E-state index is -0.377. The van der Waals surface area contributed by atoms with Crippen LogP contribution in [0.15, 0.2) is 23.3 Å². The Bertz CT molecular complexity index is 1090. The van der Waals surface area contributed by atoms with E-state index in [1.54, 1.807) is 16.8 Å². The lowest BCUT2D eigenvalue weighted by Gasteiger charge is -2.10. The normalized spacial score (nSPS) is 10.9. The fourth-order valence-corrected chi connectivity index (χ4v) is 3.06. The van der Waals surface area contributed by atoms with Crippen LogP contribution in [0.1, 0.15) is 38.4 Å². The van der Waals surface area contributed by atoms with Crippen molar-refractivity contribution >= 4 is 16.9 Å². The molecule has 0 radical (unpaired) electrons. The first-order valence-electron chi connectivity index (χ1n) is 10.1. The number of aromatic nitrogens is 6. The van der Waals surface area contributed by atoms with Crippen LogP contribution in [-0.4, -0.2) is 49.9 Å².